The van der Waals surface area contributed by atoms with Crippen molar-refractivity contribution in [3.05, 3.63) is 59.4 Å². The van der Waals surface area contributed by atoms with Crippen molar-refractivity contribution >= 4 is 0 Å². The van der Waals surface area contributed by atoms with Crippen LogP contribution in [0, 0.1) is 5.82 Å². The van der Waals surface area contributed by atoms with Crippen LogP contribution in [0.25, 0.3) is 0 Å². The summed E-state index contributed by atoms with van der Waals surface area (Å²) in [7, 11) is 3.27. The van der Waals surface area contributed by atoms with E-state index in [2.05, 4.69) is 10.2 Å². The van der Waals surface area contributed by atoms with Gasteiger partial charge in [0.15, 0.2) is 11.5 Å². The first-order valence-electron chi connectivity index (χ1n) is 8.15. The van der Waals surface area contributed by atoms with Crippen molar-refractivity contribution in [2.45, 2.75) is 6.04 Å². The first kappa shape index (κ1) is 16.7. The molecule has 5 heteroatoms. The minimum Gasteiger partial charge on any atom is -0.493 e. The fourth-order valence-electron chi connectivity index (χ4n) is 3.33. The van der Waals surface area contributed by atoms with Crippen LogP contribution in [-0.4, -0.2) is 45.3 Å². The molecule has 1 atom stereocenters. The number of methoxy groups -OCH3 is 2. The van der Waals surface area contributed by atoms with Gasteiger partial charge < -0.3 is 14.8 Å². The van der Waals surface area contributed by atoms with Crippen LogP contribution in [0.3, 0.4) is 0 Å². The summed E-state index contributed by atoms with van der Waals surface area (Å²) >= 11 is 0. The molecule has 0 aliphatic carbocycles. The third kappa shape index (κ3) is 3.37. The third-order valence-electron chi connectivity index (χ3n) is 4.41. The van der Waals surface area contributed by atoms with E-state index in [0.717, 1.165) is 37.3 Å². The molecular weight excluding hydrogens is 307 g/mol. The van der Waals surface area contributed by atoms with Crippen molar-refractivity contribution in [1.82, 2.24) is 10.2 Å². The van der Waals surface area contributed by atoms with Crippen LogP contribution in [0.1, 0.15) is 17.2 Å². The SMILES string of the molecule is COc1cccc(C(c2cccc(F)c2)N2CCNCC2)c1OC. The maximum absolute atomic E-state index is 13.9. The summed E-state index contributed by atoms with van der Waals surface area (Å²) < 4.78 is 24.9. The Hall–Kier alpha value is -2.11. The van der Waals surface area contributed by atoms with Crippen molar-refractivity contribution in [1.29, 1.82) is 0 Å². The van der Waals surface area contributed by atoms with Crippen LogP contribution in [0.4, 0.5) is 4.39 Å². The quantitative estimate of drug-likeness (QED) is 0.914. The fourth-order valence-corrected chi connectivity index (χ4v) is 3.33. The molecule has 1 N–H and O–H groups in total. The average Bonchev–Trinajstić information content (AvgIpc) is 2.62. The van der Waals surface area contributed by atoms with Crippen molar-refractivity contribution < 1.29 is 13.9 Å². The lowest BCUT2D eigenvalue weighted by Crippen LogP contribution is -2.45. The number of hydrogen-bond donors (Lipinski definition) is 1. The first-order chi connectivity index (χ1) is 11.7. The summed E-state index contributed by atoms with van der Waals surface area (Å²) in [5, 5.41) is 3.36. The van der Waals surface area contributed by atoms with Crippen molar-refractivity contribution in [3.8, 4) is 11.5 Å². The standard InChI is InChI=1S/C19H23FN2O2/c1-23-17-8-4-7-16(19(17)24-2)18(22-11-9-21-10-12-22)14-5-3-6-15(20)13-14/h3-8,13,18,21H,9-12H2,1-2H3. The molecule has 4 nitrogen and oxygen atoms in total. The van der Waals surface area contributed by atoms with E-state index in [9.17, 15) is 4.39 Å². The molecule has 1 aliphatic heterocycles. The Bertz CT molecular complexity index is 687. The average molecular weight is 330 g/mol. The minimum atomic E-state index is -0.227. The van der Waals surface area contributed by atoms with Gasteiger partial charge in [0.1, 0.15) is 5.82 Å². The van der Waals surface area contributed by atoms with E-state index in [-0.39, 0.29) is 11.9 Å². The van der Waals surface area contributed by atoms with E-state index in [1.165, 1.54) is 6.07 Å². The van der Waals surface area contributed by atoms with Gasteiger partial charge in [-0.3, -0.25) is 4.90 Å². The van der Waals surface area contributed by atoms with Gasteiger partial charge in [0.05, 0.1) is 20.3 Å². The highest BCUT2D eigenvalue weighted by Crippen LogP contribution is 2.40. The second kappa shape index (κ2) is 7.64. The van der Waals surface area contributed by atoms with Crippen molar-refractivity contribution in [3.63, 3.8) is 0 Å². The molecule has 1 unspecified atom stereocenters. The Morgan fingerprint density at radius 2 is 1.79 bits per heavy atom. The molecule has 2 aromatic rings. The molecule has 1 saturated heterocycles. The van der Waals surface area contributed by atoms with E-state index in [1.54, 1.807) is 26.4 Å². The molecule has 24 heavy (non-hydrogen) atoms. The van der Waals surface area contributed by atoms with Crippen LogP contribution in [0.2, 0.25) is 0 Å². The third-order valence-corrected chi connectivity index (χ3v) is 4.41. The Labute approximate surface area is 142 Å². The second-order valence-electron chi connectivity index (χ2n) is 5.83. The first-order valence-corrected chi connectivity index (χ1v) is 8.15. The molecule has 1 aliphatic rings. The van der Waals surface area contributed by atoms with Crippen molar-refractivity contribution in [2.24, 2.45) is 0 Å². The second-order valence-corrected chi connectivity index (χ2v) is 5.83. The number of rotatable bonds is 5. The number of piperazine rings is 1. The molecule has 0 bridgehead atoms. The Balaban J connectivity index is 2.11. The summed E-state index contributed by atoms with van der Waals surface area (Å²) in [4.78, 5) is 2.35. The van der Waals surface area contributed by atoms with E-state index in [1.807, 2.05) is 24.3 Å². The molecule has 1 fully saturated rings. The van der Waals surface area contributed by atoms with E-state index in [4.69, 9.17) is 9.47 Å². The highest BCUT2D eigenvalue weighted by atomic mass is 19.1. The van der Waals surface area contributed by atoms with Crippen LogP contribution >= 0.6 is 0 Å². The lowest BCUT2D eigenvalue weighted by atomic mass is 9.95. The van der Waals surface area contributed by atoms with Crippen LogP contribution in [0.15, 0.2) is 42.5 Å². The lowest BCUT2D eigenvalue weighted by Gasteiger charge is -2.36. The zero-order valence-electron chi connectivity index (χ0n) is 14.1. The largest absolute Gasteiger partial charge is 0.493 e. The normalized spacial score (nSPS) is 16.6. The summed E-state index contributed by atoms with van der Waals surface area (Å²) in [6.45, 7) is 3.61. The predicted octanol–water partition coefficient (Wildman–Crippen LogP) is 2.84. The van der Waals surface area contributed by atoms with E-state index >= 15 is 0 Å². The molecule has 2 aromatic carbocycles. The number of halogens is 1. The zero-order valence-corrected chi connectivity index (χ0v) is 14.1. The molecule has 0 saturated carbocycles. The Morgan fingerprint density at radius 3 is 2.46 bits per heavy atom. The molecule has 0 spiro atoms. The topological polar surface area (TPSA) is 33.7 Å². The minimum absolute atomic E-state index is 0.0761. The number of benzene rings is 2. The maximum atomic E-state index is 13.9. The number of nitrogens with zero attached hydrogens (tertiary/aromatic N) is 1. The summed E-state index contributed by atoms with van der Waals surface area (Å²) in [5.41, 5.74) is 1.91. The highest BCUT2D eigenvalue weighted by Gasteiger charge is 2.28. The summed E-state index contributed by atoms with van der Waals surface area (Å²) in [6.07, 6.45) is 0. The van der Waals surface area contributed by atoms with Crippen molar-refractivity contribution in [2.75, 3.05) is 40.4 Å². The fraction of sp³-hybridized carbons (Fsp3) is 0.368. The monoisotopic (exact) mass is 330 g/mol. The predicted molar refractivity (Wildman–Crippen MR) is 92.2 cm³/mol. The number of hydrogen-bond acceptors (Lipinski definition) is 4. The van der Waals surface area contributed by atoms with Crippen LogP contribution < -0.4 is 14.8 Å². The Kier molecular flexibility index (Phi) is 5.33. The molecule has 3 rings (SSSR count). The lowest BCUT2D eigenvalue weighted by molar-refractivity contribution is 0.194. The summed E-state index contributed by atoms with van der Waals surface area (Å²) in [5.74, 6) is 1.16. The van der Waals surface area contributed by atoms with Gasteiger partial charge in [0.25, 0.3) is 0 Å². The number of para-hydroxylation sites is 1. The summed E-state index contributed by atoms with van der Waals surface area (Å²) in [6, 6.07) is 12.6. The van der Waals surface area contributed by atoms with Crippen LogP contribution in [-0.2, 0) is 0 Å². The van der Waals surface area contributed by atoms with E-state index in [0.29, 0.717) is 11.5 Å². The zero-order chi connectivity index (χ0) is 16.9. The molecule has 128 valence electrons. The number of nitrogens with one attached hydrogen (secondary N) is 1. The molecule has 0 radical (unpaired) electrons. The number of ether oxygens (including phenoxy) is 2. The van der Waals surface area contributed by atoms with Gasteiger partial charge in [-0.1, -0.05) is 24.3 Å². The molecule has 0 aromatic heterocycles. The van der Waals surface area contributed by atoms with Gasteiger partial charge in [-0.2, -0.15) is 0 Å². The molecule has 0 amide bonds. The molecular formula is C19H23FN2O2. The van der Waals surface area contributed by atoms with Gasteiger partial charge in [-0.25, -0.2) is 4.39 Å². The van der Waals surface area contributed by atoms with E-state index < -0.39 is 0 Å². The van der Waals surface area contributed by atoms with Gasteiger partial charge >= 0.3 is 0 Å². The smallest absolute Gasteiger partial charge is 0.165 e. The molecule has 1 heterocycles. The highest BCUT2D eigenvalue weighted by molar-refractivity contribution is 5.50. The van der Waals surface area contributed by atoms with Gasteiger partial charge in [-0.15, -0.1) is 0 Å². The van der Waals surface area contributed by atoms with Crippen LogP contribution in [0.5, 0.6) is 11.5 Å². The van der Waals surface area contributed by atoms with Gasteiger partial charge in [0.2, 0.25) is 0 Å². The maximum Gasteiger partial charge on any atom is 0.165 e. The Morgan fingerprint density at radius 1 is 1.04 bits per heavy atom. The van der Waals surface area contributed by atoms with Gasteiger partial charge in [0, 0.05) is 31.7 Å². The van der Waals surface area contributed by atoms with Gasteiger partial charge in [-0.05, 0) is 23.8 Å².